The normalized spacial score (nSPS) is 11.2. The lowest BCUT2D eigenvalue weighted by atomic mass is 10.4. The van der Waals surface area contributed by atoms with Crippen molar-refractivity contribution in [2.75, 3.05) is 5.73 Å². The first kappa shape index (κ1) is 10.9. The standard InChI is InChI=1S/C10H10N6OS/c1-15-8-7(3-14-15)9(17)16(5-13-8)4-6-2-12-10(11)18-6/h2-3,5H,4H2,1H3,(H2,11,12). The number of nitrogen functional groups attached to an aromatic ring is 1. The average Bonchev–Trinajstić information content (AvgIpc) is 2.91. The molecule has 0 saturated carbocycles. The van der Waals surface area contributed by atoms with Gasteiger partial charge in [0.25, 0.3) is 5.56 Å². The van der Waals surface area contributed by atoms with Crippen molar-refractivity contribution in [3.63, 3.8) is 0 Å². The van der Waals surface area contributed by atoms with E-state index in [1.165, 1.54) is 28.4 Å². The molecule has 0 spiro atoms. The number of fused-ring (bicyclic) bond motifs is 1. The van der Waals surface area contributed by atoms with E-state index in [0.717, 1.165) is 4.88 Å². The van der Waals surface area contributed by atoms with Crippen LogP contribution in [-0.2, 0) is 13.6 Å². The van der Waals surface area contributed by atoms with Crippen molar-refractivity contribution in [2.24, 2.45) is 7.05 Å². The van der Waals surface area contributed by atoms with E-state index in [1.54, 1.807) is 17.9 Å². The summed E-state index contributed by atoms with van der Waals surface area (Å²) in [6.45, 7) is 0.422. The molecule has 0 aliphatic rings. The molecule has 0 aliphatic heterocycles. The fourth-order valence-electron chi connectivity index (χ4n) is 1.74. The zero-order chi connectivity index (χ0) is 12.7. The Labute approximate surface area is 106 Å². The molecule has 3 heterocycles. The van der Waals surface area contributed by atoms with Crippen molar-refractivity contribution in [3.8, 4) is 0 Å². The molecule has 0 unspecified atom stereocenters. The highest BCUT2D eigenvalue weighted by Gasteiger charge is 2.09. The number of aryl methyl sites for hydroxylation is 1. The average molecular weight is 262 g/mol. The smallest absolute Gasteiger partial charge is 0.264 e. The predicted octanol–water partition coefficient (Wildman–Crippen LogP) is 0.217. The lowest BCUT2D eigenvalue weighted by Gasteiger charge is -2.02. The second-order valence-electron chi connectivity index (χ2n) is 3.85. The summed E-state index contributed by atoms with van der Waals surface area (Å²) < 4.78 is 3.10. The predicted molar refractivity (Wildman–Crippen MR) is 68.4 cm³/mol. The minimum Gasteiger partial charge on any atom is -0.375 e. The molecule has 7 nitrogen and oxygen atoms in total. The van der Waals surface area contributed by atoms with Crippen LogP contribution >= 0.6 is 11.3 Å². The summed E-state index contributed by atoms with van der Waals surface area (Å²) in [5.41, 5.74) is 6.03. The van der Waals surface area contributed by atoms with E-state index in [1.807, 2.05) is 0 Å². The highest BCUT2D eigenvalue weighted by molar-refractivity contribution is 7.15. The van der Waals surface area contributed by atoms with E-state index in [2.05, 4.69) is 15.1 Å². The van der Waals surface area contributed by atoms with Gasteiger partial charge in [-0.3, -0.25) is 14.0 Å². The number of rotatable bonds is 2. The highest BCUT2D eigenvalue weighted by Crippen LogP contribution is 2.15. The third-order valence-corrected chi connectivity index (χ3v) is 3.43. The number of anilines is 1. The van der Waals surface area contributed by atoms with Gasteiger partial charge in [-0.05, 0) is 0 Å². The summed E-state index contributed by atoms with van der Waals surface area (Å²) in [5.74, 6) is 0. The van der Waals surface area contributed by atoms with Gasteiger partial charge in [-0.1, -0.05) is 0 Å². The largest absolute Gasteiger partial charge is 0.375 e. The SMILES string of the molecule is Cn1ncc2c(=O)n(Cc3cnc(N)s3)cnc21. The summed E-state index contributed by atoms with van der Waals surface area (Å²) in [5, 5.41) is 5.03. The maximum atomic E-state index is 12.2. The maximum Gasteiger partial charge on any atom is 0.264 e. The number of thiazole rings is 1. The van der Waals surface area contributed by atoms with E-state index in [-0.39, 0.29) is 5.56 Å². The van der Waals surface area contributed by atoms with Gasteiger partial charge in [-0.2, -0.15) is 5.10 Å². The van der Waals surface area contributed by atoms with Gasteiger partial charge in [0.2, 0.25) is 0 Å². The van der Waals surface area contributed by atoms with Crippen LogP contribution in [0.25, 0.3) is 11.0 Å². The third-order valence-electron chi connectivity index (χ3n) is 2.62. The second-order valence-corrected chi connectivity index (χ2v) is 4.99. The van der Waals surface area contributed by atoms with Gasteiger partial charge >= 0.3 is 0 Å². The Hall–Kier alpha value is -2.22. The summed E-state index contributed by atoms with van der Waals surface area (Å²) in [7, 11) is 1.75. The molecule has 0 saturated heterocycles. The fraction of sp³-hybridized carbons (Fsp3) is 0.200. The molecule has 0 radical (unpaired) electrons. The summed E-state index contributed by atoms with van der Waals surface area (Å²) in [4.78, 5) is 21.3. The van der Waals surface area contributed by atoms with E-state index >= 15 is 0 Å². The molecule has 0 aromatic carbocycles. The Balaban J connectivity index is 2.07. The van der Waals surface area contributed by atoms with E-state index < -0.39 is 0 Å². The van der Waals surface area contributed by atoms with Crippen LogP contribution in [0.15, 0.2) is 23.5 Å². The van der Waals surface area contributed by atoms with Crippen molar-refractivity contribution in [1.29, 1.82) is 0 Å². The molecule has 3 aromatic heterocycles. The monoisotopic (exact) mass is 262 g/mol. The van der Waals surface area contributed by atoms with Gasteiger partial charge in [0.15, 0.2) is 10.8 Å². The molecule has 8 heteroatoms. The van der Waals surface area contributed by atoms with Crippen LogP contribution in [0.4, 0.5) is 5.13 Å². The molecule has 0 aliphatic carbocycles. The molecule has 92 valence electrons. The minimum atomic E-state index is -0.111. The Morgan fingerprint density at radius 2 is 2.22 bits per heavy atom. The van der Waals surface area contributed by atoms with Gasteiger partial charge in [0, 0.05) is 18.1 Å². The lowest BCUT2D eigenvalue weighted by Crippen LogP contribution is -2.20. The van der Waals surface area contributed by atoms with Crippen LogP contribution in [0, 0.1) is 0 Å². The number of nitrogens with zero attached hydrogens (tertiary/aromatic N) is 5. The van der Waals surface area contributed by atoms with Crippen molar-refractivity contribution < 1.29 is 0 Å². The summed E-state index contributed by atoms with van der Waals surface area (Å²) in [6, 6.07) is 0. The zero-order valence-electron chi connectivity index (χ0n) is 9.57. The van der Waals surface area contributed by atoms with E-state index in [0.29, 0.717) is 22.7 Å². The van der Waals surface area contributed by atoms with Gasteiger partial charge in [-0.15, -0.1) is 11.3 Å². The Kier molecular flexibility index (Phi) is 2.37. The van der Waals surface area contributed by atoms with Crippen molar-refractivity contribution >= 4 is 27.5 Å². The van der Waals surface area contributed by atoms with Crippen molar-refractivity contribution in [3.05, 3.63) is 34.0 Å². The van der Waals surface area contributed by atoms with Crippen LogP contribution in [0.2, 0.25) is 0 Å². The molecular formula is C10H10N6OS. The van der Waals surface area contributed by atoms with E-state index in [4.69, 9.17) is 5.73 Å². The molecule has 0 amide bonds. The minimum absolute atomic E-state index is 0.111. The van der Waals surface area contributed by atoms with Gasteiger partial charge in [0.05, 0.1) is 12.7 Å². The zero-order valence-corrected chi connectivity index (χ0v) is 10.4. The van der Waals surface area contributed by atoms with Gasteiger partial charge in [0.1, 0.15) is 11.7 Å². The first-order valence-electron chi connectivity index (χ1n) is 5.22. The van der Waals surface area contributed by atoms with Gasteiger partial charge < -0.3 is 5.73 Å². The van der Waals surface area contributed by atoms with Crippen molar-refractivity contribution in [2.45, 2.75) is 6.54 Å². The number of aromatic nitrogens is 5. The first-order valence-corrected chi connectivity index (χ1v) is 6.04. The summed E-state index contributed by atoms with van der Waals surface area (Å²) in [6.07, 6.45) is 4.71. The molecule has 0 bridgehead atoms. The lowest BCUT2D eigenvalue weighted by molar-refractivity contribution is 0.744. The van der Waals surface area contributed by atoms with Crippen molar-refractivity contribution in [1.82, 2.24) is 24.3 Å². The topological polar surface area (TPSA) is 91.6 Å². The first-order chi connectivity index (χ1) is 8.65. The van der Waals surface area contributed by atoms with Crippen LogP contribution < -0.4 is 11.3 Å². The highest BCUT2D eigenvalue weighted by atomic mass is 32.1. The van der Waals surface area contributed by atoms with Crippen LogP contribution in [0.5, 0.6) is 0 Å². The molecule has 18 heavy (non-hydrogen) atoms. The summed E-state index contributed by atoms with van der Waals surface area (Å²) >= 11 is 1.36. The molecule has 3 aromatic rings. The molecule has 0 fully saturated rings. The van der Waals surface area contributed by atoms with Crippen LogP contribution in [-0.4, -0.2) is 24.3 Å². The van der Waals surface area contributed by atoms with E-state index in [9.17, 15) is 4.79 Å². The number of hydrogen-bond donors (Lipinski definition) is 1. The Morgan fingerprint density at radius 3 is 2.94 bits per heavy atom. The van der Waals surface area contributed by atoms with Crippen LogP contribution in [0.1, 0.15) is 4.88 Å². The van der Waals surface area contributed by atoms with Gasteiger partial charge in [-0.25, -0.2) is 9.97 Å². The maximum absolute atomic E-state index is 12.2. The molecule has 2 N–H and O–H groups in total. The van der Waals surface area contributed by atoms with Crippen LogP contribution in [0.3, 0.4) is 0 Å². The second kappa shape index (κ2) is 3.91. The Morgan fingerprint density at radius 1 is 1.39 bits per heavy atom. The molecular weight excluding hydrogens is 252 g/mol. The fourth-order valence-corrected chi connectivity index (χ4v) is 2.43. The quantitative estimate of drug-likeness (QED) is 0.713. The third kappa shape index (κ3) is 1.66. The molecule has 3 rings (SSSR count). The number of hydrogen-bond acceptors (Lipinski definition) is 6. The molecule has 0 atom stereocenters. The number of nitrogens with two attached hydrogens (primary N) is 1. The Bertz CT molecular complexity index is 770.